The van der Waals surface area contributed by atoms with E-state index in [-0.39, 0.29) is 5.75 Å². The molecule has 2 rings (SSSR count). The Kier molecular flexibility index (Phi) is 5.66. The number of hydrogen-bond donors (Lipinski definition) is 1. The molecule has 0 spiro atoms. The summed E-state index contributed by atoms with van der Waals surface area (Å²) in [5.41, 5.74) is 0.605. The van der Waals surface area contributed by atoms with E-state index < -0.39 is 0 Å². The van der Waals surface area contributed by atoms with Crippen LogP contribution in [0.15, 0.2) is 30.5 Å². The van der Waals surface area contributed by atoms with E-state index in [1.807, 2.05) is 18.2 Å². The lowest BCUT2D eigenvalue weighted by Crippen LogP contribution is -1.98. The number of ether oxygens (including phenoxy) is 1. The first kappa shape index (κ1) is 14.6. The molecule has 1 heterocycles. The zero-order valence-corrected chi connectivity index (χ0v) is 12.1. The van der Waals surface area contributed by atoms with Crippen LogP contribution in [-0.4, -0.2) is 16.7 Å². The lowest BCUT2D eigenvalue weighted by atomic mass is 10.1. The summed E-state index contributed by atoms with van der Waals surface area (Å²) in [5, 5.41) is 10.6. The van der Waals surface area contributed by atoms with E-state index in [1.165, 1.54) is 32.1 Å². The topological polar surface area (TPSA) is 42.4 Å². The molecule has 0 atom stereocenters. The molecule has 1 aromatic carbocycles. The summed E-state index contributed by atoms with van der Waals surface area (Å²) >= 11 is 0. The van der Waals surface area contributed by atoms with E-state index in [4.69, 9.17) is 4.74 Å². The van der Waals surface area contributed by atoms with Gasteiger partial charge in [0.1, 0.15) is 17.0 Å². The molecule has 20 heavy (non-hydrogen) atoms. The number of rotatable bonds is 8. The highest BCUT2D eigenvalue weighted by molar-refractivity contribution is 5.89. The number of phenolic OH excluding ortho intramolecular Hbond substituents is 1. The number of benzene rings is 1. The molecule has 0 saturated heterocycles. The molecule has 0 aliphatic heterocycles. The minimum Gasteiger partial charge on any atom is -0.506 e. The number of unbranched alkanes of at least 4 members (excludes halogenated alkanes) is 5. The Labute approximate surface area is 120 Å². The number of nitrogens with zero attached hydrogens (tertiary/aromatic N) is 1. The predicted octanol–water partition coefficient (Wildman–Crippen LogP) is 4.68. The summed E-state index contributed by atoms with van der Waals surface area (Å²) in [6.07, 6.45) is 9.19. The van der Waals surface area contributed by atoms with Crippen LogP contribution in [0.25, 0.3) is 10.9 Å². The molecule has 0 saturated carbocycles. The van der Waals surface area contributed by atoms with Gasteiger partial charge in [0.05, 0.1) is 6.61 Å². The molecule has 0 bridgehead atoms. The summed E-state index contributed by atoms with van der Waals surface area (Å²) in [5.74, 6) is 1.01. The fourth-order valence-corrected chi connectivity index (χ4v) is 2.33. The number of pyridine rings is 1. The number of phenols is 1. The summed E-state index contributed by atoms with van der Waals surface area (Å²) in [6, 6.07) is 7.25. The molecule has 0 aliphatic carbocycles. The third kappa shape index (κ3) is 3.86. The number of aromatic hydroxyl groups is 1. The first-order chi connectivity index (χ1) is 9.83. The number of fused-ring (bicyclic) bond motifs is 1. The van der Waals surface area contributed by atoms with Gasteiger partial charge >= 0.3 is 0 Å². The van der Waals surface area contributed by atoms with Crippen molar-refractivity contribution in [3.63, 3.8) is 0 Å². The average Bonchev–Trinajstić information content (AvgIpc) is 2.47. The van der Waals surface area contributed by atoms with Crippen molar-refractivity contribution < 1.29 is 9.84 Å². The normalized spacial score (nSPS) is 10.8. The van der Waals surface area contributed by atoms with Crippen LogP contribution in [-0.2, 0) is 0 Å². The Hall–Kier alpha value is -1.77. The van der Waals surface area contributed by atoms with Gasteiger partial charge in [0.25, 0.3) is 0 Å². The van der Waals surface area contributed by atoms with Crippen LogP contribution in [0, 0.1) is 0 Å². The predicted molar refractivity (Wildman–Crippen MR) is 82.3 cm³/mol. The molecular formula is C17H23NO2. The molecular weight excluding hydrogens is 250 g/mol. The first-order valence-electron chi connectivity index (χ1n) is 7.52. The van der Waals surface area contributed by atoms with Crippen LogP contribution in [0.3, 0.4) is 0 Å². The van der Waals surface area contributed by atoms with Crippen molar-refractivity contribution in [3.8, 4) is 11.5 Å². The van der Waals surface area contributed by atoms with Gasteiger partial charge in [-0.15, -0.1) is 0 Å². The minimum atomic E-state index is 0.201. The average molecular weight is 273 g/mol. The number of hydrogen-bond acceptors (Lipinski definition) is 3. The third-order valence-electron chi connectivity index (χ3n) is 3.47. The standard InChI is InChI=1S/C17H23NO2/c1-2-3-4-5-6-7-13-20-16-11-12-18-17-14(16)9-8-10-15(17)19/h8-12,19H,2-7,13H2,1H3. The molecule has 0 amide bonds. The zero-order valence-electron chi connectivity index (χ0n) is 12.1. The Balaban J connectivity index is 1.86. The van der Waals surface area contributed by atoms with Crippen LogP contribution >= 0.6 is 0 Å². The van der Waals surface area contributed by atoms with Gasteiger partial charge in [0, 0.05) is 11.6 Å². The van der Waals surface area contributed by atoms with Crippen LogP contribution in [0.4, 0.5) is 0 Å². The van der Waals surface area contributed by atoms with Crippen molar-refractivity contribution in [3.05, 3.63) is 30.5 Å². The molecule has 3 nitrogen and oxygen atoms in total. The Morgan fingerprint density at radius 2 is 1.85 bits per heavy atom. The van der Waals surface area contributed by atoms with E-state index in [1.54, 1.807) is 12.3 Å². The maximum Gasteiger partial charge on any atom is 0.141 e. The number of para-hydroxylation sites is 1. The molecule has 0 unspecified atom stereocenters. The molecule has 0 radical (unpaired) electrons. The Morgan fingerprint density at radius 3 is 2.70 bits per heavy atom. The molecule has 3 heteroatoms. The van der Waals surface area contributed by atoms with Gasteiger partial charge in [-0.3, -0.25) is 4.98 Å². The van der Waals surface area contributed by atoms with Crippen molar-refractivity contribution in [2.45, 2.75) is 45.4 Å². The van der Waals surface area contributed by atoms with Crippen LogP contribution < -0.4 is 4.74 Å². The largest absolute Gasteiger partial charge is 0.506 e. The lowest BCUT2D eigenvalue weighted by Gasteiger charge is -2.09. The van der Waals surface area contributed by atoms with Gasteiger partial charge in [-0.2, -0.15) is 0 Å². The van der Waals surface area contributed by atoms with Gasteiger partial charge < -0.3 is 9.84 Å². The highest BCUT2D eigenvalue weighted by Crippen LogP contribution is 2.29. The van der Waals surface area contributed by atoms with Crippen molar-refractivity contribution in [1.82, 2.24) is 4.98 Å². The zero-order chi connectivity index (χ0) is 14.2. The molecule has 0 aliphatic rings. The van der Waals surface area contributed by atoms with Crippen LogP contribution in [0.2, 0.25) is 0 Å². The molecule has 1 aromatic heterocycles. The van der Waals surface area contributed by atoms with Crippen LogP contribution in [0.5, 0.6) is 11.5 Å². The smallest absolute Gasteiger partial charge is 0.141 e. The third-order valence-corrected chi connectivity index (χ3v) is 3.47. The summed E-state index contributed by atoms with van der Waals surface area (Å²) < 4.78 is 5.83. The SMILES string of the molecule is CCCCCCCCOc1ccnc2c(O)cccc12. The molecule has 0 fully saturated rings. The fourth-order valence-electron chi connectivity index (χ4n) is 2.33. The van der Waals surface area contributed by atoms with Crippen molar-refractivity contribution in [1.29, 1.82) is 0 Å². The maximum absolute atomic E-state index is 9.77. The molecule has 1 N–H and O–H groups in total. The first-order valence-corrected chi connectivity index (χ1v) is 7.52. The molecule has 2 aromatic rings. The minimum absolute atomic E-state index is 0.201. The van der Waals surface area contributed by atoms with Crippen molar-refractivity contribution in [2.24, 2.45) is 0 Å². The van der Waals surface area contributed by atoms with E-state index in [2.05, 4.69) is 11.9 Å². The van der Waals surface area contributed by atoms with E-state index in [9.17, 15) is 5.11 Å². The van der Waals surface area contributed by atoms with Gasteiger partial charge in [-0.25, -0.2) is 0 Å². The van der Waals surface area contributed by atoms with Gasteiger partial charge in [0.2, 0.25) is 0 Å². The Bertz CT molecular complexity index is 540. The Morgan fingerprint density at radius 1 is 1.05 bits per heavy atom. The molecule has 108 valence electrons. The van der Waals surface area contributed by atoms with Crippen molar-refractivity contribution in [2.75, 3.05) is 6.61 Å². The summed E-state index contributed by atoms with van der Waals surface area (Å²) in [6.45, 7) is 2.95. The highest BCUT2D eigenvalue weighted by Gasteiger charge is 2.05. The second-order valence-corrected chi connectivity index (χ2v) is 5.10. The van der Waals surface area contributed by atoms with Gasteiger partial charge in [-0.1, -0.05) is 45.1 Å². The summed E-state index contributed by atoms with van der Waals surface area (Å²) in [7, 11) is 0. The quantitative estimate of drug-likeness (QED) is 0.710. The highest BCUT2D eigenvalue weighted by atomic mass is 16.5. The van der Waals surface area contributed by atoms with Gasteiger partial charge in [0.15, 0.2) is 0 Å². The monoisotopic (exact) mass is 273 g/mol. The fraction of sp³-hybridized carbons (Fsp3) is 0.471. The van der Waals surface area contributed by atoms with E-state index in [0.717, 1.165) is 24.2 Å². The lowest BCUT2D eigenvalue weighted by molar-refractivity contribution is 0.307. The number of aromatic nitrogens is 1. The second-order valence-electron chi connectivity index (χ2n) is 5.10. The second kappa shape index (κ2) is 7.73. The van der Waals surface area contributed by atoms with Gasteiger partial charge in [-0.05, 0) is 24.6 Å². The van der Waals surface area contributed by atoms with Crippen molar-refractivity contribution >= 4 is 10.9 Å². The van der Waals surface area contributed by atoms with Crippen LogP contribution in [0.1, 0.15) is 45.4 Å². The van der Waals surface area contributed by atoms with E-state index >= 15 is 0 Å². The maximum atomic E-state index is 9.77. The summed E-state index contributed by atoms with van der Waals surface area (Å²) in [4.78, 5) is 4.19. The van der Waals surface area contributed by atoms with E-state index in [0.29, 0.717) is 5.52 Å².